The number of para-hydroxylation sites is 1. The topological polar surface area (TPSA) is 109 Å². The smallest absolute Gasteiger partial charge is 0.270 e. The summed E-state index contributed by atoms with van der Waals surface area (Å²) < 4.78 is 34.1. The fourth-order valence-electron chi connectivity index (χ4n) is 4.52. The molecule has 1 aliphatic rings. The molecule has 1 aromatic carbocycles. The van der Waals surface area contributed by atoms with Crippen LogP contribution in [-0.2, 0) is 26.1 Å². The van der Waals surface area contributed by atoms with Gasteiger partial charge in [-0.15, -0.1) is 11.3 Å². The summed E-state index contributed by atoms with van der Waals surface area (Å²) in [5.74, 6) is 0.216. The number of benzene rings is 1. The van der Waals surface area contributed by atoms with Crippen LogP contribution in [0.25, 0.3) is 12.2 Å². The molecule has 0 saturated carbocycles. The van der Waals surface area contributed by atoms with Gasteiger partial charge in [0, 0.05) is 56.8 Å². The lowest BCUT2D eigenvalue weighted by atomic mass is 10.1. The summed E-state index contributed by atoms with van der Waals surface area (Å²) in [6.07, 6.45) is 8.72. The molecule has 1 saturated heterocycles. The number of ether oxygens (including phenoxy) is 1. The van der Waals surface area contributed by atoms with Crippen molar-refractivity contribution in [1.82, 2.24) is 14.8 Å². The third kappa shape index (κ3) is 8.92. The highest BCUT2D eigenvalue weighted by Gasteiger charge is 2.28. The molecule has 1 fully saturated rings. The van der Waals surface area contributed by atoms with Gasteiger partial charge in [0.2, 0.25) is 5.91 Å². The van der Waals surface area contributed by atoms with Crippen molar-refractivity contribution in [2.24, 2.45) is 0 Å². The number of thioether (sulfide) groups is 1. The Morgan fingerprint density at radius 2 is 2.05 bits per heavy atom. The molecule has 12 heteroatoms. The largest absolute Gasteiger partial charge is 0.397 e. The van der Waals surface area contributed by atoms with Gasteiger partial charge < -0.3 is 15.4 Å². The van der Waals surface area contributed by atoms with Crippen LogP contribution in [0, 0.1) is 0 Å². The number of aromatic nitrogens is 1. The summed E-state index contributed by atoms with van der Waals surface area (Å²) in [6, 6.07) is 5.36. The van der Waals surface area contributed by atoms with E-state index in [4.69, 9.17) is 10.5 Å². The molecule has 3 rings (SSSR count). The first-order valence-corrected chi connectivity index (χ1v) is 16.9. The predicted octanol–water partition coefficient (Wildman–Crippen LogP) is 5.25. The Hall–Kier alpha value is -2.64. The highest BCUT2D eigenvalue weighted by molar-refractivity contribution is 8.20. The SMILES string of the molecule is C=CS/C(=C\C)S(=O)(=O)N(CCOCC)c1cccc(/C=C/c2ncc(CN3CCCN(C(=O)CC)CC3)s2)c1N. The summed E-state index contributed by atoms with van der Waals surface area (Å²) in [4.78, 5) is 22.1. The molecule has 1 aromatic heterocycles. The van der Waals surface area contributed by atoms with Crippen molar-refractivity contribution in [3.05, 3.63) is 62.1 Å². The van der Waals surface area contributed by atoms with E-state index in [0.29, 0.717) is 30.0 Å². The van der Waals surface area contributed by atoms with Crippen molar-refractivity contribution >= 4 is 62.6 Å². The van der Waals surface area contributed by atoms with Crippen molar-refractivity contribution in [2.45, 2.75) is 40.2 Å². The molecule has 41 heavy (non-hydrogen) atoms. The van der Waals surface area contributed by atoms with Crippen LogP contribution in [0.4, 0.5) is 11.4 Å². The molecule has 2 N–H and O–H groups in total. The Morgan fingerprint density at radius 3 is 2.76 bits per heavy atom. The summed E-state index contributed by atoms with van der Waals surface area (Å²) in [5, 5.41) is 2.33. The third-order valence-corrected chi connectivity index (χ3v) is 10.8. The van der Waals surface area contributed by atoms with Crippen LogP contribution < -0.4 is 10.0 Å². The average Bonchev–Trinajstić information content (AvgIpc) is 3.28. The molecule has 224 valence electrons. The average molecular weight is 620 g/mol. The van der Waals surface area contributed by atoms with Gasteiger partial charge in [-0.25, -0.2) is 13.4 Å². The van der Waals surface area contributed by atoms with Gasteiger partial charge in [-0.05, 0) is 49.5 Å². The number of nitrogens with two attached hydrogens (primary N) is 1. The van der Waals surface area contributed by atoms with Gasteiger partial charge in [-0.1, -0.05) is 43.5 Å². The first kappa shape index (κ1) is 32.9. The molecule has 2 aromatic rings. The summed E-state index contributed by atoms with van der Waals surface area (Å²) >= 11 is 2.66. The predicted molar refractivity (Wildman–Crippen MR) is 173 cm³/mol. The van der Waals surface area contributed by atoms with Crippen molar-refractivity contribution in [1.29, 1.82) is 0 Å². The number of thiazole rings is 1. The second-order valence-electron chi connectivity index (χ2n) is 9.31. The summed E-state index contributed by atoms with van der Waals surface area (Å²) in [7, 11) is -3.87. The van der Waals surface area contributed by atoms with Gasteiger partial charge in [0.05, 0.1) is 24.5 Å². The van der Waals surface area contributed by atoms with Crippen LogP contribution in [0.15, 0.2) is 46.7 Å². The lowest BCUT2D eigenvalue weighted by molar-refractivity contribution is -0.130. The highest BCUT2D eigenvalue weighted by Crippen LogP contribution is 2.35. The zero-order valence-electron chi connectivity index (χ0n) is 24.1. The molecule has 1 aliphatic heterocycles. The lowest BCUT2D eigenvalue weighted by Crippen LogP contribution is -2.35. The molecule has 0 radical (unpaired) electrons. The van der Waals surface area contributed by atoms with Crippen LogP contribution in [0.1, 0.15) is 49.1 Å². The van der Waals surface area contributed by atoms with E-state index in [2.05, 4.69) is 16.5 Å². The monoisotopic (exact) mass is 619 g/mol. The van der Waals surface area contributed by atoms with E-state index in [0.717, 1.165) is 60.8 Å². The normalized spacial score (nSPS) is 15.3. The van der Waals surface area contributed by atoms with E-state index in [1.807, 2.05) is 43.2 Å². The van der Waals surface area contributed by atoms with E-state index >= 15 is 0 Å². The van der Waals surface area contributed by atoms with Gasteiger partial charge in [-0.2, -0.15) is 0 Å². The molecule has 0 bridgehead atoms. The second kappa shape index (κ2) is 16.1. The van der Waals surface area contributed by atoms with E-state index < -0.39 is 10.0 Å². The van der Waals surface area contributed by atoms with Gasteiger partial charge in [-0.3, -0.25) is 14.0 Å². The number of nitrogen functional groups attached to an aromatic ring is 1. The van der Waals surface area contributed by atoms with Crippen LogP contribution in [0.3, 0.4) is 0 Å². The number of hydrogen-bond donors (Lipinski definition) is 1. The van der Waals surface area contributed by atoms with Crippen molar-refractivity contribution in [3.8, 4) is 0 Å². The zero-order valence-corrected chi connectivity index (χ0v) is 26.6. The standard InChI is InChI=1S/C29H41N5O4S3/c1-5-27(35)33-16-10-15-32(17-18-33)22-24-21-31-26(40-24)14-13-23-11-9-12-25(29(23)30)34(19-20-38-7-3)41(36,37)28(6-2)39-8-4/h6,8-9,11-14,21H,4-5,7,10,15-20,22,30H2,1-3H3/b14-13+,28-6+. The Bertz CT molecular complexity index is 1340. The number of carbonyl (C=O) groups is 1. The zero-order chi connectivity index (χ0) is 29.8. The maximum Gasteiger partial charge on any atom is 0.270 e. The minimum Gasteiger partial charge on any atom is -0.397 e. The number of hydrogen-bond acceptors (Lipinski definition) is 9. The van der Waals surface area contributed by atoms with Crippen molar-refractivity contribution in [2.75, 3.05) is 56.0 Å². The van der Waals surface area contributed by atoms with Gasteiger partial charge in [0.25, 0.3) is 10.0 Å². The molecule has 2 heterocycles. The van der Waals surface area contributed by atoms with E-state index in [1.165, 1.54) is 9.71 Å². The fraction of sp³-hybridized carbons (Fsp3) is 0.448. The Labute approximate surface area is 252 Å². The Balaban J connectivity index is 1.77. The summed E-state index contributed by atoms with van der Waals surface area (Å²) in [5.41, 5.74) is 8.00. The minimum atomic E-state index is -3.87. The van der Waals surface area contributed by atoms with Gasteiger partial charge in [0.15, 0.2) is 0 Å². The summed E-state index contributed by atoms with van der Waals surface area (Å²) in [6.45, 7) is 14.1. The number of nitrogens with zero attached hydrogens (tertiary/aromatic N) is 4. The molecule has 1 amide bonds. The maximum atomic E-state index is 13.6. The molecular formula is C29H41N5O4S3. The van der Waals surface area contributed by atoms with Crippen LogP contribution >= 0.6 is 23.1 Å². The van der Waals surface area contributed by atoms with Crippen molar-refractivity contribution in [3.63, 3.8) is 0 Å². The molecule has 0 aliphatic carbocycles. The molecule has 9 nitrogen and oxygen atoms in total. The van der Waals surface area contributed by atoms with E-state index in [1.54, 1.807) is 36.5 Å². The number of allylic oxidation sites excluding steroid dienone is 1. The first-order valence-electron chi connectivity index (χ1n) is 13.8. The first-order chi connectivity index (χ1) is 19.7. The van der Waals surface area contributed by atoms with Crippen LogP contribution in [0.2, 0.25) is 0 Å². The number of carbonyl (C=O) groups excluding carboxylic acids is 1. The van der Waals surface area contributed by atoms with Crippen molar-refractivity contribution < 1.29 is 17.9 Å². The second-order valence-corrected chi connectivity index (χ2v) is 13.6. The van der Waals surface area contributed by atoms with E-state index in [9.17, 15) is 13.2 Å². The molecular weight excluding hydrogens is 579 g/mol. The Morgan fingerprint density at radius 1 is 1.24 bits per heavy atom. The molecule has 0 atom stereocenters. The van der Waals surface area contributed by atoms with E-state index in [-0.39, 0.29) is 23.3 Å². The highest BCUT2D eigenvalue weighted by atomic mass is 32.3. The minimum absolute atomic E-state index is 0.124. The quantitative estimate of drug-likeness (QED) is 0.226. The fourth-order valence-corrected chi connectivity index (χ4v) is 7.89. The number of rotatable bonds is 14. The number of sulfonamides is 1. The van der Waals surface area contributed by atoms with Gasteiger partial charge >= 0.3 is 0 Å². The van der Waals surface area contributed by atoms with Gasteiger partial charge in [0.1, 0.15) is 9.24 Å². The Kier molecular flexibility index (Phi) is 12.9. The van der Waals surface area contributed by atoms with Crippen LogP contribution in [0.5, 0.6) is 0 Å². The lowest BCUT2D eigenvalue weighted by Gasteiger charge is -2.27. The number of amides is 1. The third-order valence-electron chi connectivity index (χ3n) is 6.61. The maximum absolute atomic E-state index is 13.6. The van der Waals surface area contributed by atoms with Crippen LogP contribution in [-0.4, -0.2) is 75.0 Å². The molecule has 0 unspecified atom stereocenters. The number of anilines is 2. The molecule has 0 spiro atoms.